The van der Waals surface area contributed by atoms with Crippen molar-refractivity contribution in [1.29, 1.82) is 0 Å². The van der Waals surface area contributed by atoms with Gasteiger partial charge in [0.15, 0.2) is 0 Å². The molecule has 0 bridgehead atoms. The molecule has 0 nitrogen and oxygen atoms in total. The predicted octanol–water partition coefficient (Wildman–Crippen LogP) is 9.56. The Hall–Kier alpha value is -4.23. The second-order valence-electron chi connectivity index (χ2n) is 16.8. The van der Waals surface area contributed by atoms with Gasteiger partial charge in [-0.25, -0.2) is 12.2 Å². The van der Waals surface area contributed by atoms with Crippen molar-refractivity contribution in [3.63, 3.8) is 0 Å². The third-order valence-corrected chi connectivity index (χ3v) is 12.1. The molecule has 4 heteroatoms. The van der Waals surface area contributed by atoms with Gasteiger partial charge >= 0.3 is 133 Å². The summed E-state index contributed by atoms with van der Waals surface area (Å²) < 4.78 is 1.34. The van der Waals surface area contributed by atoms with E-state index in [1.54, 1.807) is 0 Å². The van der Waals surface area contributed by atoms with E-state index in [0.717, 1.165) is 11.4 Å². The molecule has 0 heterocycles. The number of allylic oxidation sites excluding steroid dienone is 4. The van der Waals surface area contributed by atoms with Gasteiger partial charge in [-0.3, -0.25) is 6.08 Å². The van der Waals surface area contributed by atoms with Crippen LogP contribution in [-0.2, 0) is 35.1 Å². The first kappa shape index (κ1) is 45.9. The molecule has 0 fully saturated rings. The van der Waals surface area contributed by atoms with Gasteiger partial charge in [0.2, 0.25) is 0 Å². The topological polar surface area (TPSA) is 0 Å². The summed E-state index contributed by atoms with van der Waals surface area (Å²) in [6, 6.07) is 56.8. The quantitative estimate of drug-likeness (QED) is 0.155. The van der Waals surface area contributed by atoms with Crippen molar-refractivity contribution in [2.24, 2.45) is 0 Å². The normalized spacial score (nSPS) is 11.9. The molecular formula is C55H49Cl3Zr-2. The summed E-state index contributed by atoms with van der Waals surface area (Å²) in [6.45, 7) is 13.9. The van der Waals surface area contributed by atoms with Gasteiger partial charge in [0.25, 0.3) is 0 Å². The monoisotopic (exact) mass is 904 g/mol. The first-order chi connectivity index (χ1) is 27.4. The van der Waals surface area contributed by atoms with Gasteiger partial charge in [0, 0.05) is 0 Å². The summed E-state index contributed by atoms with van der Waals surface area (Å²) in [5, 5.41) is 8.74. The zero-order valence-electron chi connectivity index (χ0n) is 34.6. The Labute approximate surface area is 383 Å². The van der Waals surface area contributed by atoms with Gasteiger partial charge in [-0.15, -0.1) is 46.2 Å². The molecule has 9 rings (SSSR count). The van der Waals surface area contributed by atoms with Gasteiger partial charge in [-0.1, -0.05) is 114 Å². The van der Waals surface area contributed by atoms with Gasteiger partial charge in [0.05, 0.1) is 0 Å². The van der Waals surface area contributed by atoms with Crippen molar-refractivity contribution in [2.75, 3.05) is 0 Å². The minimum absolute atomic E-state index is 0. The Balaban J connectivity index is 0.000000214. The fraction of sp³-hybridized carbons (Fsp3) is 0.164. The summed E-state index contributed by atoms with van der Waals surface area (Å²) in [5.74, 6) is 0. The van der Waals surface area contributed by atoms with Gasteiger partial charge in [-0.2, -0.15) is 6.08 Å². The van der Waals surface area contributed by atoms with Crippen molar-refractivity contribution in [3.8, 4) is 22.3 Å². The molecule has 0 amide bonds. The molecule has 1 aliphatic carbocycles. The fourth-order valence-corrected chi connectivity index (χ4v) is 8.75. The third-order valence-electron chi connectivity index (χ3n) is 10.5. The summed E-state index contributed by atoms with van der Waals surface area (Å²) >= 11 is 7.49. The molecule has 0 saturated carbocycles. The van der Waals surface area contributed by atoms with Crippen molar-refractivity contribution in [2.45, 2.75) is 58.8 Å². The van der Waals surface area contributed by atoms with Crippen LogP contribution in [0.15, 0.2) is 176 Å². The van der Waals surface area contributed by atoms with E-state index < -0.39 is 0 Å². The number of fused-ring (bicyclic) bond motifs is 4. The van der Waals surface area contributed by atoms with E-state index in [-0.39, 0.29) is 35.6 Å². The van der Waals surface area contributed by atoms with Crippen LogP contribution >= 0.6 is 11.6 Å². The molecule has 8 aromatic rings. The first-order valence-corrected chi connectivity index (χ1v) is 21.4. The van der Waals surface area contributed by atoms with Crippen LogP contribution in [0.1, 0.15) is 70.2 Å². The third kappa shape index (κ3) is 10.8. The predicted molar refractivity (Wildman–Crippen MR) is 245 cm³/mol. The average Bonchev–Trinajstić information content (AvgIpc) is 3.92. The maximum absolute atomic E-state index is 6.09. The summed E-state index contributed by atoms with van der Waals surface area (Å²) in [4.78, 5) is 0. The second-order valence-corrected chi connectivity index (χ2v) is 18.4. The molecule has 0 unspecified atom stereocenters. The van der Waals surface area contributed by atoms with Crippen LogP contribution in [0.2, 0.25) is 5.02 Å². The van der Waals surface area contributed by atoms with E-state index in [2.05, 4.69) is 193 Å². The Morgan fingerprint density at radius 1 is 0.576 bits per heavy atom. The summed E-state index contributed by atoms with van der Waals surface area (Å²) in [5.41, 5.74) is 10.7. The number of benzene rings is 7. The minimum Gasteiger partial charge on any atom is -1.00 e. The second kappa shape index (κ2) is 19.9. The van der Waals surface area contributed by atoms with E-state index in [9.17, 15) is 0 Å². The SMILES string of the molecule is CC(C)(C)c1cc2c(cc1-c1ccccc1)[cH-]c1cc(-c3ccccc3)c(C(C)(C)C)cc12.Clc1cccc([C](=[Zr+2])c2cccc3ccccc23)c1.[C-]1=CC=CC1.[Cl-].[Cl-]. The van der Waals surface area contributed by atoms with Crippen LogP contribution in [0.25, 0.3) is 54.6 Å². The summed E-state index contributed by atoms with van der Waals surface area (Å²) in [6.07, 6.45) is 10.0. The smallest absolute Gasteiger partial charge is 0.109 e. The van der Waals surface area contributed by atoms with E-state index >= 15 is 0 Å². The number of hydrogen-bond acceptors (Lipinski definition) is 0. The first-order valence-electron chi connectivity index (χ1n) is 19.8. The average molecular weight is 908 g/mol. The van der Waals surface area contributed by atoms with Crippen LogP contribution in [0, 0.1) is 6.08 Å². The van der Waals surface area contributed by atoms with Crippen LogP contribution in [-0.4, -0.2) is 3.21 Å². The van der Waals surface area contributed by atoms with E-state index in [1.165, 1.54) is 104 Å². The number of hydrogen-bond donors (Lipinski definition) is 0. The van der Waals surface area contributed by atoms with E-state index in [0.29, 0.717) is 0 Å². The molecule has 0 radical (unpaired) electrons. The maximum Gasteiger partial charge on any atom is -0.109 e. The fourth-order valence-electron chi connectivity index (χ4n) is 7.64. The molecular weight excluding hydrogens is 858 g/mol. The molecule has 0 aromatic heterocycles. The van der Waals surface area contributed by atoms with Crippen LogP contribution in [0.3, 0.4) is 0 Å². The van der Waals surface area contributed by atoms with Gasteiger partial charge in [0.1, 0.15) is 0 Å². The summed E-state index contributed by atoms with van der Waals surface area (Å²) in [7, 11) is 0. The van der Waals surface area contributed by atoms with E-state index in [4.69, 9.17) is 11.6 Å². The van der Waals surface area contributed by atoms with E-state index in [1.807, 2.05) is 30.4 Å². The maximum atomic E-state index is 6.09. The standard InChI is InChI=1S/C33H33.C17H11Cl.C5H5.2ClH.Zr/c1-32(2,3)30-20-26-24(18-28(30)22-13-9-7-10-14-22)17-25-19-29(23-15-11-8-12-16-23)31(21-27(25)26)33(4,5)6;18-16-9-3-5-13(12-16)11-15-8-4-7-14-6-1-2-10-17(14)15;1-2-4-5-3-1;;;/h7-21H,1-6H3;1-10,12H;1-3H,4H2;2*1H;/q-1;;-1;;;+2/p-2. The van der Waals surface area contributed by atoms with Gasteiger partial charge < -0.3 is 24.8 Å². The largest absolute Gasteiger partial charge is 1.00 e. The minimum atomic E-state index is 0. The Morgan fingerprint density at radius 2 is 1.08 bits per heavy atom. The van der Waals surface area contributed by atoms with Crippen molar-refractivity contribution in [1.82, 2.24) is 0 Å². The van der Waals surface area contributed by atoms with Crippen molar-refractivity contribution in [3.05, 3.63) is 209 Å². The Kier molecular flexibility index (Phi) is 15.5. The van der Waals surface area contributed by atoms with Crippen LogP contribution < -0.4 is 24.8 Å². The number of halogens is 3. The molecule has 0 saturated heterocycles. The molecule has 8 aromatic carbocycles. The van der Waals surface area contributed by atoms with Crippen LogP contribution in [0.4, 0.5) is 0 Å². The zero-order chi connectivity index (χ0) is 40.2. The molecule has 0 atom stereocenters. The van der Waals surface area contributed by atoms with Crippen molar-refractivity contribution >= 4 is 47.1 Å². The van der Waals surface area contributed by atoms with Crippen molar-refractivity contribution < 1.29 is 49.0 Å². The van der Waals surface area contributed by atoms with Crippen LogP contribution in [0.5, 0.6) is 0 Å². The Morgan fingerprint density at radius 3 is 1.56 bits per heavy atom. The molecule has 0 aliphatic heterocycles. The molecule has 59 heavy (non-hydrogen) atoms. The number of rotatable bonds is 4. The molecule has 1 aliphatic rings. The molecule has 296 valence electrons. The molecule has 0 spiro atoms. The van der Waals surface area contributed by atoms with Gasteiger partial charge in [-0.05, 0) is 44.2 Å². The Bertz CT molecular complexity index is 2610. The zero-order valence-corrected chi connectivity index (χ0v) is 39.3. The molecule has 0 N–H and O–H groups in total.